The Morgan fingerprint density at radius 3 is 2.54 bits per heavy atom. The molecule has 0 radical (unpaired) electrons. The zero-order valence-electron chi connectivity index (χ0n) is 14.8. The number of amides is 1. The Morgan fingerprint density at radius 1 is 1.08 bits per heavy atom. The van der Waals surface area contributed by atoms with E-state index in [0.29, 0.717) is 35.3 Å². The summed E-state index contributed by atoms with van der Waals surface area (Å²) >= 11 is 12.4. The van der Waals surface area contributed by atoms with E-state index >= 15 is 0 Å². The third-order valence-corrected chi connectivity index (χ3v) is 5.43. The third kappa shape index (κ3) is 4.57. The minimum atomic E-state index is 0.0726. The normalized spacial score (nSPS) is 15.3. The molecule has 0 N–H and O–H groups in total. The summed E-state index contributed by atoms with van der Waals surface area (Å²) in [5.41, 5.74) is 2.74. The molecule has 1 aliphatic rings. The molecular weight excluding hydrogens is 371 g/mol. The molecule has 0 atom stereocenters. The van der Waals surface area contributed by atoms with Gasteiger partial charge in [0.15, 0.2) is 0 Å². The average molecular weight is 393 g/mol. The van der Waals surface area contributed by atoms with E-state index in [1.165, 1.54) is 0 Å². The van der Waals surface area contributed by atoms with Crippen molar-refractivity contribution < 1.29 is 9.53 Å². The number of piperazine rings is 1. The highest BCUT2D eigenvalue weighted by molar-refractivity contribution is 6.42. The molecule has 1 heterocycles. The Morgan fingerprint density at radius 2 is 1.81 bits per heavy atom. The van der Waals surface area contributed by atoms with Crippen molar-refractivity contribution in [2.24, 2.45) is 0 Å². The number of methoxy groups -OCH3 is 1. The van der Waals surface area contributed by atoms with Crippen molar-refractivity contribution in [2.45, 2.75) is 13.2 Å². The monoisotopic (exact) mass is 392 g/mol. The molecule has 0 unspecified atom stereocenters. The highest BCUT2D eigenvalue weighted by atomic mass is 35.5. The molecule has 0 saturated carbocycles. The molecule has 0 spiro atoms. The molecule has 0 aromatic heterocycles. The summed E-state index contributed by atoms with van der Waals surface area (Å²) in [6.45, 7) is 4.27. The van der Waals surface area contributed by atoms with E-state index in [2.05, 4.69) is 4.90 Å². The number of rotatable bonds is 5. The molecule has 2 aromatic carbocycles. The van der Waals surface area contributed by atoms with Crippen LogP contribution in [0.25, 0.3) is 0 Å². The van der Waals surface area contributed by atoms with E-state index in [4.69, 9.17) is 27.9 Å². The van der Waals surface area contributed by atoms with Gasteiger partial charge in [-0.1, -0.05) is 47.5 Å². The van der Waals surface area contributed by atoms with E-state index in [0.717, 1.165) is 30.8 Å². The Hall–Kier alpha value is -1.59. The fraction of sp³-hybridized carbons (Fsp3) is 0.350. The predicted molar refractivity (Wildman–Crippen MR) is 105 cm³/mol. The predicted octanol–water partition coefficient (Wildman–Crippen LogP) is 4.10. The molecule has 138 valence electrons. The van der Waals surface area contributed by atoms with Crippen LogP contribution in [0.5, 0.6) is 0 Å². The molecule has 1 saturated heterocycles. The highest BCUT2D eigenvalue weighted by Crippen LogP contribution is 2.26. The molecular formula is C20H22Cl2N2O2. The van der Waals surface area contributed by atoms with Gasteiger partial charge in [0, 0.05) is 45.4 Å². The number of hydrogen-bond donors (Lipinski definition) is 0. The first-order valence-electron chi connectivity index (χ1n) is 8.61. The van der Waals surface area contributed by atoms with Gasteiger partial charge in [-0.15, -0.1) is 0 Å². The van der Waals surface area contributed by atoms with Crippen molar-refractivity contribution in [1.29, 1.82) is 0 Å². The third-order valence-electron chi connectivity index (χ3n) is 4.57. The Bertz CT molecular complexity index is 774. The van der Waals surface area contributed by atoms with Gasteiger partial charge in [0.25, 0.3) is 5.91 Å². The molecule has 0 bridgehead atoms. The number of carbonyl (C=O) groups is 1. The largest absolute Gasteiger partial charge is 0.380 e. The summed E-state index contributed by atoms with van der Waals surface area (Å²) in [5, 5.41) is 1.19. The number of nitrogens with zero attached hydrogens (tertiary/aromatic N) is 2. The van der Waals surface area contributed by atoms with Crippen molar-refractivity contribution in [3.05, 3.63) is 69.2 Å². The van der Waals surface area contributed by atoms with Crippen LogP contribution in [0, 0.1) is 0 Å². The fourth-order valence-electron chi connectivity index (χ4n) is 3.16. The van der Waals surface area contributed by atoms with Crippen molar-refractivity contribution in [3.8, 4) is 0 Å². The molecule has 4 nitrogen and oxygen atoms in total. The molecule has 1 fully saturated rings. The van der Waals surface area contributed by atoms with Crippen LogP contribution in [0.15, 0.2) is 42.5 Å². The second kappa shape index (κ2) is 8.87. The quantitative estimate of drug-likeness (QED) is 0.767. The van der Waals surface area contributed by atoms with Crippen molar-refractivity contribution in [3.63, 3.8) is 0 Å². The molecule has 1 aliphatic heterocycles. The molecule has 1 amide bonds. The fourth-order valence-corrected chi connectivity index (χ4v) is 3.54. The van der Waals surface area contributed by atoms with E-state index in [1.54, 1.807) is 13.2 Å². The molecule has 26 heavy (non-hydrogen) atoms. The van der Waals surface area contributed by atoms with Gasteiger partial charge in [0.2, 0.25) is 0 Å². The van der Waals surface area contributed by atoms with Crippen molar-refractivity contribution >= 4 is 29.1 Å². The lowest BCUT2D eigenvalue weighted by Gasteiger charge is -2.35. The maximum Gasteiger partial charge on any atom is 0.253 e. The summed E-state index contributed by atoms with van der Waals surface area (Å²) in [6, 6.07) is 13.3. The zero-order chi connectivity index (χ0) is 18.5. The first-order valence-corrected chi connectivity index (χ1v) is 9.36. The van der Waals surface area contributed by atoms with Crippen LogP contribution >= 0.6 is 23.2 Å². The minimum absolute atomic E-state index is 0.0726. The number of hydrogen-bond acceptors (Lipinski definition) is 3. The Labute approximate surface area is 164 Å². The number of carbonyl (C=O) groups excluding carboxylic acids is 1. The molecule has 0 aliphatic carbocycles. The second-order valence-corrected chi connectivity index (χ2v) is 7.20. The summed E-state index contributed by atoms with van der Waals surface area (Å²) in [6.07, 6.45) is 0. The van der Waals surface area contributed by atoms with Gasteiger partial charge >= 0.3 is 0 Å². The van der Waals surface area contributed by atoms with E-state index in [-0.39, 0.29) is 5.91 Å². The zero-order valence-corrected chi connectivity index (χ0v) is 16.3. The van der Waals surface area contributed by atoms with E-state index in [9.17, 15) is 4.79 Å². The van der Waals surface area contributed by atoms with Crippen molar-refractivity contribution in [2.75, 3.05) is 33.3 Å². The Balaban J connectivity index is 1.59. The van der Waals surface area contributed by atoms with Crippen LogP contribution in [0.1, 0.15) is 21.5 Å². The average Bonchev–Trinajstić information content (AvgIpc) is 2.66. The topological polar surface area (TPSA) is 32.8 Å². The van der Waals surface area contributed by atoms with Crippen LogP contribution in [0.3, 0.4) is 0 Å². The lowest BCUT2D eigenvalue weighted by molar-refractivity contribution is 0.0628. The summed E-state index contributed by atoms with van der Waals surface area (Å²) < 4.78 is 5.15. The summed E-state index contributed by atoms with van der Waals surface area (Å²) in [4.78, 5) is 16.9. The first-order chi connectivity index (χ1) is 12.6. The molecule has 3 rings (SSSR count). The van der Waals surface area contributed by atoms with E-state index in [1.807, 2.05) is 41.3 Å². The number of benzene rings is 2. The summed E-state index contributed by atoms with van der Waals surface area (Å²) in [7, 11) is 1.65. The van der Waals surface area contributed by atoms with Gasteiger partial charge in [-0.2, -0.15) is 0 Å². The van der Waals surface area contributed by atoms with Crippen LogP contribution in [-0.4, -0.2) is 49.0 Å². The second-order valence-electron chi connectivity index (χ2n) is 6.41. The maximum atomic E-state index is 12.7. The smallest absolute Gasteiger partial charge is 0.253 e. The molecule has 6 heteroatoms. The molecule has 2 aromatic rings. The lowest BCUT2D eigenvalue weighted by atomic mass is 10.1. The number of ether oxygens (including phenoxy) is 1. The van der Waals surface area contributed by atoms with E-state index < -0.39 is 0 Å². The van der Waals surface area contributed by atoms with Gasteiger partial charge in [0.05, 0.1) is 16.7 Å². The SMILES string of the molecule is COCc1cccc(C(=O)N2CCN(Cc3cccc(Cl)c3Cl)CC2)c1. The van der Waals surface area contributed by atoms with Crippen molar-refractivity contribution in [1.82, 2.24) is 9.80 Å². The van der Waals surface area contributed by atoms with Gasteiger partial charge < -0.3 is 9.64 Å². The van der Waals surface area contributed by atoms with Crippen LogP contribution in [0.2, 0.25) is 10.0 Å². The van der Waals surface area contributed by atoms with Gasteiger partial charge in [0.1, 0.15) is 0 Å². The van der Waals surface area contributed by atoms with Gasteiger partial charge in [-0.05, 0) is 29.3 Å². The summed E-state index contributed by atoms with van der Waals surface area (Å²) in [5.74, 6) is 0.0726. The number of halogens is 2. The minimum Gasteiger partial charge on any atom is -0.380 e. The van der Waals surface area contributed by atoms with Gasteiger partial charge in [-0.25, -0.2) is 0 Å². The highest BCUT2D eigenvalue weighted by Gasteiger charge is 2.23. The van der Waals surface area contributed by atoms with Crippen LogP contribution in [0.4, 0.5) is 0 Å². The Kier molecular flexibility index (Phi) is 6.54. The lowest BCUT2D eigenvalue weighted by Crippen LogP contribution is -2.48. The van der Waals surface area contributed by atoms with Crippen LogP contribution in [-0.2, 0) is 17.9 Å². The standard InChI is InChI=1S/C20H22Cl2N2O2/c1-26-14-15-4-2-5-16(12-15)20(25)24-10-8-23(9-11-24)13-17-6-3-7-18(21)19(17)22/h2-7,12H,8-11,13-14H2,1H3. The van der Waals surface area contributed by atoms with Crippen LogP contribution < -0.4 is 0 Å². The maximum absolute atomic E-state index is 12.7. The van der Waals surface area contributed by atoms with Gasteiger partial charge in [-0.3, -0.25) is 9.69 Å². The first kappa shape index (κ1) is 19.2.